The molecule has 0 heterocycles. The summed E-state index contributed by atoms with van der Waals surface area (Å²) in [5.74, 6) is -0.242. The highest BCUT2D eigenvalue weighted by atomic mass is 79.9. The molecule has 0 amide bonds. The van der Waals surface area contributed by atoms with Gasteiger partial charge in [-0.1, -0.05) is 28.1 Å². The highest BCUT2D eigenvalue weighted by Gasteiger charge is 2.10. The lowest BCUT2D eigenvalue weighted by Crippen LogP contribution is -2.26. The minimum absolute atomic E-state index is 0. The van der Waals surface area contributed by atoms with Crippen LogP contribution in [0.3, 0.4) is 0 Å². The number of nitrogens with zero attached hydrogens (tertiary/aromatic N) is 1. The molecule has 2 aromatic carbocycles. The topological polar surface area (TPSA) is 49.5 Å². The number of aliphatic hydroxyl groups excluding tert-OH is 1. The first kappa shape index (κ1) is 18.9. The zero-order chi connectivity index (χ0) is 15.2. The third-order valence-corrected chi connectivity index (χ3v) is 3.67. The highest BCUT2D eigenvalue weighted by Crippen LogP contribution is 2.18. The Morgan fingerprint density at radius 2 is 1.91 bits per heavy atom. The molecule has 3 N–H and O–H groups in total. The Kier molecular flexibility index (Phi) is 7.82. The fourth-order valence-electron chi connectivity index (χ4n) is 2.21. The van der Waals surface area contributed by atoms with Crippen LogP contribution in [0.4, 0.5) is 10.1 Å². The van der Waals surface area contributed by atoms with Crippen molar-refractivity contribution in [3.63, 3.8) is 0 Å². The van der Waals surface area contributed by atoms with Gasteiger partial charge in [0.25, 0.3) is 0 Å². The number of hydrogen-bond acceptors (Lipinski definition) is 3. The van der Waals surface area contributed by atoms with Crippen LogP contribution in [0.5, 0.6) is 0 Å². The molecule has 0 saturated carbocycles. The summed E-state index contributed by atoms with van der Waals surface area (Å²) in [5.41, 5.74) is 8.11. The fraction of sp³-hybridized carbons (Fsp3) is 0.250. The number of aliphatic hydroxyl groups is 1. The molecule has 0 aliphatic rings. The van der Waals surface area contributed by atoms with E-state index in [1.165, 1.54) is 6.07 Å². The Labute approximate surface area is 144 Å². The van der Waals surface area contributed by atoms with Crippen molar-refractivity contribution >= 4 is 34.0 Å². The first-order valence-electron chi connectivity index (χ1n) is 6.70. The molecule has 0 aliphatic heterocycles. The van der Waals surface area contributed by atoms with Crippen molar-refractivity contribution in [1.29, 1.82) is 0 Å². The minimum atomic E-state index is -0.242. The third kappa shape index (κ3) is 5.57. The summed E-state index contributed by atoms with van der Waals surface area (Å²) in [6, 6.07) is 12.5. The van der Waals surface area contributed by atoms with E-state index >= 15 is 0 Å². The van der Waals surface area contributed by atoms with Crippen LogP contribution >= 0.6 is 28.3 Å². The molecule has 0 fully saturated rings. The largest absolute Gasteiger partial charge is 0.399 e. The number of benzene rings is 2. The lowest BCUT2D eigenvalue weighted by Gasteiger charge is -2.22. The smallest absolute Gasteiger partial charge is 0.127 e. The van der Waals surface area contributed by atoms with E-state index in [0.717, 1.165) is 10.0 Å². The second-order valence-corrected chi connectivity index (χ2v) is 5.83. The molecule has 0 radical (unpaired) electrons. The molecule has 6 heteroatoms. The van der Waals surface area contributed by atoms with Crippen molar-refractivity contribution in [3.8, 4) is 0 Å². The normalized spacial score (nSPS) is 10.5. The van der Waals surface area contributed by atoms with Crippen molar-refractivity contribution in [2.45, 2.75) is 13.1 Å². The van der Waals surface area contributed by atoms with Gasteiger partial charge in [0.15, 0.2) is 0 Å². The van der Waals surface area contributed by atoms with E-state index in [9.17, 15) is 9.50 Å². The van der Waals surface area contributed by atoms with Crippen LogP contribution in [0.1, 0.15) is 11.1 Å². The molecule has 3 nitrogen and oxygen atoms in total. The lowest BCUT2D eigenvalue weighted by molar-refractivity contribution is 0.183. The second-order valence-electron chi connectivity index (χ2n) is 4.92. The first-order valence-corrected chi connectivity index (χ1v) is 7.49. The van der Waals surface area contributed by atoms with Crippen molar-refractivity contribution in [1.82, 2.24) is 4.90 Å². The maximum atomic E-state index is 13.8. The van der Waals surface area contributed by atoms with Gasteiger partial charge < -0.3 is 10.8 Å². The van der Waals surface area contributed by atoms with Gasteiger partial charge in [-0.3, -0.25) is 4.90 Å². The SMILES string of the molecule is Cl.Nc1cccc(CN(CCO)Cc2cc(Br)ccc2F)c1. The molecule has 0 unspecified atom stereocenters. The van der Waals surface area contributed by atoms with E-state index in [4.69, 9.17) is 5.73 Å². The maximum absolute atomic E-state index is 13.8. The van der Waals surface area contributed by atoms with Gasteiger partial charge >= 0.3 is 0 Å². The molecule has 2 rings (SSSR count). The monoisotopic (exact) mass is 388 g/mol. The zero-order valence-electron chi connectivity index (χ0n) is 12.0. The molecule has 0 saturated heterocycles. The van der Waals surface area contributed by atoms with Gasteiger partial charge in [-0.15, -0.1) is 12.4 Å². The molecule has 2 aromatic rings. The van der Waals surface area contributed by atoms with Crippen molar-refractivity contribution < 1.29 is 9.50 Å². The Bertz CT molecular complexity index is 612. The summed E-state index contributed by atoms with van der Waals surface area (Å²) in [4.78, 5) is 1.99. The van der Waals surface area contributed by atoms with Crippen LogP contribution in [0.25, 0.3) is 0 Å². The molecule has 0 atom stereocenters. The summed E-state index contributed by atoms with van der Waals surface area (Å²) in [7, 11) is 0. The van der Waals surface area contributed by atoms with Gasteiger partial charge in [0.05, 0.1) is 6.61 Å². The van der Waals surface area contributed by atoms with E-state index in [2.05, 4.69) is 15.9 Å². The summed E-state index contributed by atoms with van der Waals surface area (Å²) in [5, 5.41) is 9.20. The van der Waals surface area contributed by atoms with Gasteiger partial charge in [-0.25, -0.2) is 4.39 Å². The van der Waals surface area contributed by atoms with Gasteiger partial charge in [0.1, 0.15) is 5.82 Å². The Morgan fingerprint density at radius 1 is 1.14 bits per heavy atom. The van der Waals surface area contributed by atoms with E-state index in [1.54, 1.807) is 12.1 Å². The summed E-state index contributed by atoms with van der Waals surface area (Å²) < 4.78 is 14.7. The summed E-state index contributed by atoms with van der Waals surface area (Å²) in [6.45, 7) is 1.54. The molecule has 0 spiro atoms. The third-order valence-electron chi connectivity index (χ3n) is 3.18. The molecule has 22 heavy (non-hydrogen) atoms. The van der Waals surface area contributed by atoms with Crippen LogP contribution < -0.4 is 5.73 Å². The Morgan fingerprint density at radius 3 is 2.59 bits per heavy atom. The zero-order valence-corrected chi connectivity index (χ0v) is 14.4. The predicted molar refractivity (Wildman–Crippen MR) is 93.4 cm³/mol. The number of anilines is 1. The maximum Gasteiger partial charge on any atom is 0.127 e. The highest BCUT2D eigenvalue weighted by molar-refractivity contribution is 9.10. The predicted octanol–water partition coefficient (Wildman–Crippen LogP) is 3.59. The second kappa shape index (κ2) is 9.10. The molecule has 120 valence electrons. The van der Waals surface area contributed by atoms with Gasteiger partial charge in [0.2, 0.25) is 0 Å². The van der Waals surface area contributed by atoms with Gasteiger partial charge in [-0.2, -0.15) is 0 Å². The molecular formula is C16H19BrClFN2O. The Hall–Kier alpha value is -1.14. The van der Waals surface area contributed by atoms with Crippen molar-refractivity contribution in [2.75, 3.05) is 18.9 Å². The minimum Gasteiger partial charge on any atom is -0.399 e. The van der Waals surface area contributed by atoms with E-state index < -0.39 is 0 Å². The first-order chi connectivity index (χ1) is 10.1. The fourth-order valence-corrected chi connectivity index (χ4v) is 2.62. The number of hydrogen-bond donors (Lipinski definition) is 2. The van der Waals surface area contributed by atoms with E-state index in [0.29, 0.717) is 30.9 Å². The average Bonchev–Trinajstić information content (AvgIpc) is 2.43. The van der Waals surface area contributed by atoms with Crippen LogP contribution in [0.2, 0.25) is 0 Å². The summed E-state index contributed by atoms with van der Waals surface area (Å²) in [6.07, 6.45) is 0. The van der Waals surface area contributed by atoms with Gasteiger partial charge in [0, 0.05) is 35.4 Å². The molecule has 0 aromatic heterocycles. The molecule has 0 bridgehead atoms. The van der Waals surface area contributed by atoms with E-state index in [-0.39, 0.29) is 24.8 Å². The molecule has 0 aliphatic carbocycles. The van der Waals surface area contributed by atoms with Gasteiger partial charge in [-0.05, 0) is 35.9 Å². The number of nitrogen functional groups attached to an aromatic ring is 1. The quantitative estimate of drug-likeness (QED) is 0.742. The van der Waals surface area contributed by atoms with E-state index in [1.807, 2.05) is 29.2 Å². The van der Waals surface area contributed by atoms with Crippen LogP contribution in [0, 0.1) is 5.82 Å². The van der Waals surface area contributed by atoms with Crippen LogP contribution in [-0.4, -0.2) is 23.2 Å². The van der Waals surface area contributed by atoms with Crippen LogP contribution in [0.15, 0.2) is 46.9 Å². The Balaban J connectivity index is 0.00000242. The lowest BCUT2D eigenvalue weighted by atomic mass is 10.1. The number of halogens is 3. The molecular weight excluding hydrogens is 371 g/mol. The van der Waals surface area contributed by atoms with Crippen LogP contribution in [-0.2, 0) is 13.1 Å². The standard InChI is InChI=1S/C16H18BrFN2O.ClH/c17-14-4-5-16(18)13(9-14)11-20(6-7-21)10-12-2-1-3-15(19)8-12;/h1-5,8-9,21H,6-7,10-11,19H2;1H. The number of nitrogens with two attached hydrogens (primary N) is 1. The van der Waals surface area contributed by atoms with Crippen molar-refractivity contribution in [3.05, 3.63) is 63.9 Å². The number of rotatable bonds is 6. The van der Waals surface area contributed by atoms with Crippen molar-refractivity contribution in [2.24, 2.45) is 0 Å². The average molecular weight is 390 g/mol. The summed E-state index contributed by atoms with van der Waals surface area (Å²) >= 11 is 3.35.